The molecule has 0 aliphatic rings. The molecule has 0 bridgehead atoms. The molecule has 2 aromatic carbocycles. The largest absolute Gasteiger partial charge is 0.416 e. The predicted octanol–water partition coefficient (Wildman–Crippen LogP) is 4.19. The summed E-state index contributed by atoms with van der Waals surface area (Å²) in [5, 5.41) is 20.5. The fraction of sp³-hybridized carbons (Fsp3) is 0.0667. The minimum Gasteiger partial charge on any atom is -0.354 e. The van der Waals surface area contributed by atoms with Gasteiger partial charge in [0.25, 0.3) is 0 Å². The van der Waals surface area contributed by atoms with E-state index in [1.807, 2.05) is 6.07 Å². The van der Waals surface area contributed by atoms with Gasteiger partial charge >= 0.3 is 6.18 Å². The second-order valence-corrected chi connectivity index (χ2v) is 4.18. The number of hydrogen-bond donors (Lipinski definition) is 1. The first-order valence-corrected chi connectivity index (χ1v) is 5.82. The summed E-state index contributed by atoms with van der Waals surface area (Å²) in [7, 11) is 0. The molecule has 1 N–H and O–H groups in total. The van der Waals surface area contributed by atoms with Crippen molar-refractivity contribution in [1.82, 2.24) is 0 Å². The molecule has 3 nitrogen and oxygen atoms in total. The summed E-state index contributed by atoms with van der Waals surface area (Å²) in [6.07, 6.45) is -4.49. The molecule has 0 unspecified atom stereocenters. The third-order valence-corrected chi connectivity index (χ3v) is 2.76. The molecule has 0 atom stereocenters. The van der Waals surface area contributed by atoms with E-state index in [1.165, 1.54) is 6.07 Å². The van der Waals surface area contributed by atoms with Gasteiger partial charge in [0.2, 0.25) is 0 Å². The van der Waals surface area contributed by atoms with Gasteiger partial charge in [0.15, 0.2) is 0 Å². The number of hydrogen-bond acceptors (Lipinski definition) is 3. The molecule has 0 amide bonds. The van der Waals surface area contributed by atoms with Gasteiger partial charge in [-0.2, -0.15) is 23.7 Å². The van der Waals surface area contributed by atoms with Crippen LogP contribution in [0.25, 0.3) is 0 Å². The summed E-state index contributed by atoms with van der Waals surface area (Å²) in [5.74, 6) is 0. The first-order valence-electron chi connectivity index (χ1n) is 5.82. The van der Waals surface area contributed by atoms with E-state index in [0.29, 0.717) is 11.3 Å². The van der Waals surface area contributed by atoms with Gasteiger partial charge in [-0.25, -0.2) is 0 Å². The fourth-order valence-corrected chi connectivity index (χ4v) is 1.71. The number of rotatable bonds is 2. The lowest BCUT2D eigenvalue weighted by molar-refractivity contribution is -0.137. The highest BCUT2D eigenvalue weighted by atomic mass is 19.4. The van der Waals surface area contributed by atoms with Gasteiger partial charge in [-0.3, -0.25) is 0 Å². The molecule has 0 radical (unpaired) electrons. The Labute approximate surface area is 118 Å². The van der Waals surface area contributed by atoms with Gasteiger partial charge in [0.1, 0.15) is 6.07 Å². The molecule has 2 aromatic rings. The van der Waals surface area contributed by atoms with Crippen molar-refractivity contribution in [3.05, 3.63) is 59.2 Å². The Bertz CT molecular complexity index is 735. The average Bonchev–Trinajstić information content (AvgIpc) is 2.47. The fourth-order valence-electron chi connectivity index (χ4n) is 1.71. The second kappa shape index (κ2) is 5.56. The quantitative estimate of drug-likeness (QED) is 0.900. The minimum atomic E-state index is -4.49. The topological polar surface area (TPSA) is 59.6 Å². The highest BCUT2D eigenvalue weighted by molar-refractivity contribution is 5.67. The van der Waals surface area contributed by atoms with Crippen molar-refractivity contribution >= 4 is 11.4 Å². The molecule has 104 valence electrons. The van der Waals surface area contributed by atoms with Crippen molar-refractivity contribution in [3.63, 3.8) is 0 Å². The van der Waals surface area contributed by atoms with E-state index in [1.54, 1.807) is 30.3 Å². The predicted molar refractivity (Wildman–Crippen MR) is 70.6 cm³/mol. The van der Waals surface area contributed by atoms with Crippen LogP contribution < -0.4 is 5.32 Å². The summed E-state index contributed by atoms with van der Waals surface area (Å²) in [4.78, 5) is 0. The average molecular weight is 287 g/mol. The summed E-state index contributed by atoms with van der Waals surface area (Å²) < 4.78 is 37.8. The zero-order chi connectivity index (χ0) is 15.5. The van der Waals surface area contributed by atoms with E-state index >= 15 is 0 Å². The Morgan fingerprint density at radius 2 is 1.57 bits per heavy atom. The van der Waals surface area contributed by atoms with Crippen LogP contribution >= 0.6 is 0 Å². The van der Waals surface area contributed by atoms with Gasteiger partial charge in [0, 0.05) is 5.69 Å². The summed E-state index contributed by atoms with van der Waals surface area (Å²) >= 11 is 0. The zero-order valence-corrected chi connectivity index (χ0v) is 10.6. The molecule has 0 heterocycles. The molecule has 0 saturated heterocycles. The van der Waals surface area contributed by atoms with E-state index in [9.17, 15) is 13.2 Å². The number of nitrogens with zero attached hydrogens (tertiary/aromatic N) is 2. The molecule has 0 aliphatic carbocycles. The molecule has 2 rings (SSSR count). The van der Waals surface area contributed by atoms with Gasteiger partial charge in [-0.05, 0) is 42.5 Å². The minimum absolute atomic E-state index is 0.103. The SMILES string of the molecule is N#Cc1ccc(Nc2ccc(C(F)(F)F)cc2C#N)cc1. The monoisotopic (exact) mass is 287 g/mol. The molecule has 0 aromatic heterocycles. The van der Waals surface area contributed by atoms with Crippen LogP contribution in [0.1, 0.15) is 16.7 Å². The van der Waals surface area contributed by atoms with Crippen LogP contribution in [0.15, 0.2) is 42.5 Å². The molecule has 0 saturated carbocycles. The van der Waals surface area contributed by atoms with Gasteiger partial charge in [0.05, 0.1) is 28.4 Å². The van der Waals surface area contributed by atoms with Crippen LogP contribution in [0.3, 0.4) is 0 Å². The number of alkyl halides is 3. The van der Waals surface area contributed by atoms with Crippen molar-refractivity contribution in [1.29, 1.82) is 10.5 Å². The zero-order valence-electron chi connectivity index (χ0n) is 10.6. The highest BCUT2D eigenvalue weighted by Crippen LogP contribution is 2.32. The van der Waals surface area contributed by atoms with Crippen LogP contribution in [0.5, 0.6) is 0 Å². The third kappa shape index (κ3) is 3.31. The molecule has 0 spiro atoms. The first kappa shape index (κ1) is 14.4. The van der Waals surface area contributed by atoms with E-state index in [4.69, 9.17) is 10.5 Å². The molecule has 21 heavy (non-hydrogen) atoms. The number of benzene rings is 2. The van der Waals surface area contributed by atoms with E-state index in [2.05, 4.69) is 5.32 Å². The Balaban J connectivity index is 2.32. The lowest BCUT2D eigenvalue weighted by atomic mass is 10.1. The van der Waals surface area contributed by atoms with Crippen molar-refractivity contribution in [3.8, 4) is 12.1 Å². The van der Waals surface area contributed by atoms with Gasteiger partial charge < -0.3 is 5.32 Å². The maximum absolute atomic E-state index is 12.6. The molecule has 0 fully saturated rings. The first-order chi connectivity index (χ1) is 9.94. The molecular formula is C15H8F3N3. The Morgan fingerprint density at radius 1 is 0.905 bits per heavy atom. The standard InChI is InChI=1S/C15H8F3N3/c16-15(17,18)12-3-6-14(11(7-12)9-20)21-13-4-1-10(8-19)2-5-13/h1-7,21H. The summed E-state index contributed by atoms with van der Waals surface area (Å²) in [6, 6.07) is 13.0. The van der Waals surface area contributed by atoms with Gasteiger partial charge in [-0.15, -0.1) is 0 Å². The lowest BCUT2D eigenvalue weighted by Crippen LogP contribution is -2.06. The maximum Gasteiger partial charge on any atom is 0.416 e. The number of nitrogens with one attached hydrogen (secondary N) is 1. The normalized spacial score (nSPS) is 10.5. The van der Waals surface area contributed by atoms with Crippen molar-refractivity contribution in [2.45, 2.75) is 6.18 Å². The van der Waals surface area contributed by atoms with Crippen molar-refractivity contribution in [2.24, 2.45) is 0 Å². The van der Waals surface area contributed by atoms with Crippen molar-refractivity contribution < 1.29 is 13.2 Å². The molecule has 0 aliphatic heterocycles. The summed E-state index contributed by atoms with van der Waals surface area (Å²) in [6.45, 7) is 0. The van der Waals surface area contributed by atoms with E-state index in [-0.39, 0.29) is 11.3 Å². The van der Waals surface area contributed by atoms with Crippen molar-refractivity contribution in [2.75, 3.05) is 5.32 Å². The number of nitriles is 2. The van der Waals surface area contributed by atoms with Crippen LogP contribution in [0, 0.1) is 22.7 Å². The lowest BCUT2D eigenvalue weighted by Gasteiger charge is -2.11. The van der Waals surface area contributed by atoms with Crippen LogP contribution in [-0.2, 0) is 6.18 Å². The second-order valence-electron chi connectivity index (χ2n) is 4.18. The smallest absolute Gasteiger partial charge is 0.354 e. The number of anilines is 2. The Hall–Kier alpha value is -2.99. The Kier molecular flexibility index (Phi) is 3.82. The Morgan fingerprint density at radius 3 is 2.10 bits per heavy atom. The van der Waals surface area contributed by atoms with Crippen LogP contribution in [-0.4, -0.2) is 0 Å². The van der Waals surface area contributed by atoms with Crippen LogP contribution in [0.2, 0.25) is 0 Å². The van der Waals surface area contributed by atoms with E-state index in [0.717, 1.165) is 12.1 Å². The number of halogens is 3. The summed E-state index contributed by atoms with van der Waals surface area (Å²) in [5.41, 5.74) is 0.340. The van der Waals surface area contributed by atoms with E-state index < -0.39 is 11.7 Å². The third-order valence-electron chi connectivity index (χ3n) is 2.76. The molecular weight excluding hydrogens is 279 g/mol. The van der Waals surface area contributed by atoms with Gasteiger partial charge in [-0.1, -0.05) is 0 Å². The molecule has 6 heteroatoms. The highest BCUT2D eigenvalue weighted by Gasteiger charge is 2.31. The van der Waals surface area contributed by atoms with Crippen LogP contribution in [0.4, 0.5) is 24.5 Å². The maximum atomic E-state index is 12.6.